The molecule has 6 nitrogen and oxygen atoms in total. The molecular weight excluding hydrogens is 420 g/mol. The van der Waals surface area contributed by atoms with E-state index in [9.17, 15) is 0 Å². The minimum absolute atomic E-state index is 0.787. The van der Waals surface area contributed by atoms with Gasteiger partial charge in [-0.25, -0.2) is 0 Å². The molecule has 0 unspecified atom stereocenters. The van der Waals surface area contributed by atoms with Crippen LogP contribution in [0, 0.1) is 0 Å². The second kappa shape index (κ2) is 8.60. The third kappa shape index (κ3) is 3.67. The standard InChI is InChI=1S/C28H20N6/c1-2-4-26-25(3-1)27(33-17-9-23(10-18-33)21-5-13-29-14-6-21)31-32-28(26)34-19-11-24(12-20-34)22-7-15-30-16-8-22/h1-20H/q+2. The maximum Gasteiger partial charge on any atom is 0.389 e. The molecule has 0 aliphatic carbocycles. The molecule has 0 aliphatic heterocycles. The second-order valence-corrected chi connectivity index (χ2v) is 7.85. The molecule has 0 fully saturated rings. The molecule has 0 saturated carbocycles. The average molecular weight is 441 g/mol. The molecule has 0 amide bonds. The van der Waals surface area contributed by atoms with Gasteiger partial charge < -0.3 is 0 Å². The predicted octanol–water partition coefficient (Wildman–Crippen LogP) is 4.31. The normalized spacial score (nSPS) is 10.9. The Kier molecular flexibility index (Phi) is 5.01. The highest BCUT2D eigenvalue weighted by atomic mass is 15.2. The van der Waals surface area contributed by atoms with Gasteiger partial charge in [-0.2, -0.15) is 9.13 Å². The first-order valence-electron chi connectivity index (χ1n) is 11.0. The molecule has 0 saturated heterocycles. The summed E-state index contributed by atoms with van der Waals surface area (Å²) in [5, 5.41) is 11.3. The Labute approximate surface area is 196 Å². The SMILES string of the molecule is c1ccc2c(-[n+]3ccc(-c4ccncc4)cc3)nnc(-[n+]3ccc(-c4ccncc4)cc3)c2c1. The maximum absolute atomic E-state index is 4.61. The van der Waals surface area contributed by atoms with Crippen LogP contribution in [0.5, 0.6) is 0 Å². The van der Waals surface area contributed by atoms with Crippen molar-refractivity contribution in [3.8, 4) is 33.9 Å². The van der Waals surface area contributed by atoms with Gasteiger partial charge in [0.05, 0.1) is 35.6 Å². The Morgan fingerprint density at radius 3 is 1.15 bits per heavy atom. The number of hydrogen-bond acceptors (Lipinski definition) is 4. The molecule has 6 rings (SSSR count). The van der Waals surface area contributed by atoms with Crippen LogP contribution in [0.25, 0.3) is 44.7 Å². The summed E-state index contributed by atoms with van der Waals surface area (Å²) < 4.78 is 4.00. The van der Waals surface area contributed by atoms with Crippen LogP contribution in [0.2, 0.25) is 0 Å². The Morgan fingerprint density at radius 2 is 0.765 bits per heavy atom. The van der Waals surface area contributed by atoms with E-state index in [1.165, 1.54) is 0 Å². The highest BCUT2D eigenvalue weighted by molar-refractivity contribution is 5.90. The van der Waals surface area contributed by atoms with E-state index in [0.717, 1.165) is 44.7 Å². The van der Waals surface area contributed by atoms with E-state index in [1.807, 2.05) is 70.3 Å². The summed E-state index contributed by atoms with van der Waals surface area (Å²) in [4.78, 5) is 8.19. The first-order chi connectivity index (χ1) is 16.9. The lowest BCUT2D eigenvalue weighted by molar-refractivity contribution is -0.603. The third-order valence-corrected chi connectivity index (χ3v) is 5.82. The van der Waals surface area contributed by atoms with E-state index >= 15 is 0 Å². The van der Waals surface area contributed by atoms with E-state index in [0.29, 0.717) is 0 Å². The van der Waals surface area contributed by atoms with Gasteiger partial charge in [-0.05, 0) is 82.9 Å². The summed E-state index contributed by atoms with van der Waals surface area (Å²) in [5.41, 5.74) is 4.50. The van der Waals surface area contributed by atoms with Crippen molar-refractivity contribution in [2.45, 2.75) is 0 Å². The van der Waals surface area contributed by atoms with Gasteiger partial charge in [0.1, 0.15) is 0 Å². The quantitative estimate of drug-likeness (QED) is 0.384. The van der Waals surface area contributed by atoms with Crippen molar-refractivity contribution in [1.29, 1.82) is 0 Å². The molecule has 5 heterocycles. The number of aromatic nitrogens is 6. The monoisotopic (exact) mass is 440 g/mol. The van der Waals surface area contributed by atoms with Crippen LogP contribution in [0.3, 0.4) is 0 Å². The highest BCUT2D eigenvalue weighted by Gasteiger charge is 2.25. The topological polar surface area (TPSA) is 59.3 Å². The summed E-state index contributed by atoms with van der Waals surface area (Å²) in [5.74, 6) is 1.57. The smallest absolute Gasteiger partial charge is 0.265 e. The van der Waals surface area contributed by atoms with E-state index < -0.39 is 0 Å². The fourth-order valence-corrected chi connectivity index (χ4v) is 4.07. The fourth-order valence-electron chi connectivity index (χ4n) is 4.07. The van der Waals surface area contributed by atoms with Crippen molar-refractivity contribution in [2.24, 2.45) is 0 Å². The Hall–Kier alpha value is -4.84. The second-order valence-electron chi connectivity index (χ2n) is 7.85. The van der Waals surface area contributed by atoms with Gasteiger partial charge in [0.15, 0.2) is 10.2 Å². The Bertz CT molecular complexity index is 1440. The zero-order valence-electron chi connectivity index (χ0n) is 18.2. The summed E-state index contributed by atoms with van der Waals surface area (Å²) in [6, 6.07) is 24.5. The van der Waals surface area contributed by atoms with E-state index in [4.69, 9.17) is 0 Å². The number of nitrogens with zero attached hydrogens (tertiary/aromatic N) is 6. The summed E-state index contributed by atoms with van der Waals surface area (Å²) in [6.45, 7) is 0. The van der Waals surface area contributed by atoms with Crippen LogP contribution in [-0.4, -0.2) is 20.2 Å². The molecule has 160 valence electrons. The molecule has 0 radical (unpaired) electrons. The molecule has 6 aromatic rings. The molecule has 1 aromatic carbocycles. The minimum atomic E-state index is 0.787. The van der Waals surface area contributed by atoms with E-state index in [1.54, 1.807) is 24.8 Å². The number of rotatable bonds is 4. The van der Waals surface area contributed by atoms with Gasteiger partial charge in [-0.3, -0.25) is 9.97 Å². The predicted molar refractivity (Wildman–Crippen MR) is 129 cm³/mol. The summed E-state index contributed by atoms with van der Waals surface area (Å²) in [7, 11) is 0. The lowest BCUT2D eigenvalue weighted by Crippen LogP contribution is -2.35. The van der Waals surface area contributed by atoms with Crippen molar-refractivity contribution in [2.75, 3.05) is 0 Å². The molecule has 5 aromatic heterocycles. The Balaban J connectivity index is 1.39. The van der Waals surface area contributed by atoms with Crippen LogP contribution in [0.4, 0.5) is 0 Å². The first-order valence-corrected chi connectivity index (χ1v) is 11.0. The van der Waals surface area contributed by atoms with Crippen LogP contribution in [-0.2, 0) is 0 Å². The van der Waals surface area contributed by atoms with Gasteiger partial charge in [0.25, 0.3) is 0 Å². The van der Waals surface area contributed by atoms with Crippen LogP contribution < -0.4 is 9.13 Å². The fraction of sp³-hybridized carbons (Fsp3) is 0. The maximum atomic E-state index is 4.61. The van der Waals surface area contributed by atoms with Crippen LogP contribution in [0.1, 0.15) is 0 Å². The Morgan fingerprint density at radius 1 is 0.412 bits per heavy atom. The molecule has 34 heavy (non-hydrogen) atoms. The van der Waals surface area contributed by atoms with Crippen molar-refractivity contribution in [1.82, 2.24) is 20.2 Å². The van der Waals surface area contributed by atoms with Crippen molar-refractivity contribution in [3.05, 3.63) is 122 Å². The molecule has 0 spiro atoms. The largest absolute Gasteiger partial charge is 0.389 e. The number of hydrogen-bond donors (Lipinski definition) is 0. The zero-order chi connectivity index (χ0) is 22.7. The molecule has 0 N–H and O–H groups in total. The number of pyridine rings is 4. The van der Waals surface area contributed by atoms with Crippen molar-refractivity contribution < 1.29 is 9.13 Å². The van der Waals surface area contributed by atoms with Gasteiger partial charge in [0.2, 0.25) is 0 Å². The number of benzene rings is 1. The molecule has 6 heteroatoms. The van der Waals surface area contributed by atoms with Crippen LogP contribution in [0.15, 0.2) is 122 Å². The summed E-state index contributed by atoms with van der Waals surface area (Å²) in [6.07, 6.45) is 15.3. The van der Waals surface area contributed by atoms with Gasteiger partial charge >= 0.3 is 11.6 Å². The molecule has 0 bridgehead atoms. The van der Waals surface area contributed by atoms with E-state index in [2.05, 4.69) is 56.6 Å². The third-order valence-electron chi connectivity index (χ3n) is 5.82. The van der Waals surface area contributed by atoms with Gasteiger partial charge in [-0.1, -0.05) is 12.1 Å². The lowest BCUT2D eigenvalue weighted by atomic mass is 10.1. The van der Waals surface area contributed by atoms with Crippen LogP contribution >= 0.6 is 0 Å². The molecule has 0 aliphatic rings. The van der Waals surface area contributed by atoms with Gasteiger partial charge in [-0.15, -0.1) is 0 Å². The van der Waals surface area contributed by atoms with Crippen molar-refractivity contribution >= 4 is 10.8 Å². The molecule has 0 atom stereocenters. The summed E-state index contributed by atoms with van der Waals surface area (Å²) >= 11 is 0. The minimum Gasteiger partial charge on any atom is -0.265 e. The highest BCUT2D eigenvalue weighted by Crippen LogP contribution is 2.22. The first kappa shape index (κ1) is 19.8. The number of fused-ring (bicyclic) bond motifs is 1. The average Bonchev–Trinajstić information content (AvgIpc) is 2.94. The zero-order valence-corrected chi connectivity index (χ0v) is 18.2. The van der Waals surface area contributed by atoms with E-state index in [-0.39, 0.29) is 0 Å². The van der Waals surface area contributed by atoms with Crippen molar-refractivity contribution in [3.63, 3.8) is 0 Å². The molecular formula is C28H20N6+2. The lowest BCUT2D eigenvalue weighted by Gasteiger charge is -2.04. The van der Waals surface area contributed by atoms with Gasteiger partial charge in [0, 0.05) is 24.8 Å².